The highest BCUT2D eigenvalue weighted by atomic mass is 32.1. The first kappa shape index (κ1) is 16.9. The van der Waals surface area contributed by atoms with Gasteiger partial charge in [-0.05, 0) is 49.8 Å². The van der Waals surface area contributed by atoms with Gasteiger partial charge in [-0.2, -0.15) is 0 Å². The number of methoxy groups -OCH3 is 1. The lowest BCUT2D eigenvalue weighted by atomic mass is 9.75. The van der Waals surface area contributed by atoms with Crippen LogP contribution in [0.2, 0.25) is 0 Å². The highest BCUT2D eigenvalue weighted by molar-refractivity contribution is 7.14. The van der Waals surface area contributed by atoms with Gasteiger partial charge in [-0.1, -0.05) is 6.07 Å². The molecule has 0 unspecified atom stereocenters. The van der Waals surface area contributed by atoms with Gasteiger partial charge in [0.25, 0.3) is 5.91 Å². The molecule has 2 N–H and O–H groups in total. The summed E-state index contributed by atoms with van der Waals surface area (Å²) in [6, 6.07) is 5.49. The van der Waals surface area contributed by atoms with E-state index in [1.165, 1.54) is 11.3 Å². The summed E-state index contributed by atoms with van der Waals surface area (Å²) in [6.45, 7) is 4.03. The molecule has 0 spiro atoms. The van der Waals surface area contributed by atoms with Gasteiger partial charge in [0.15, 0.2) is 0 Å². The molecule has 0 saturated heterocycles. The Balaban J connectivity index is 1.80. The molecule has 0 aromatic carbocycles. The van der Waals surface area contributed by atoms with Gasteiger partial charge in [0.1, 0.15) is 0 Å². The molecule has 1 fully saturated rings. The monoisotopic (exact) mass is 346 g/mol. The molecule has 2 aromatic heterocycles. The molecule has 1 aliphatic carbocycles. The quantitative estimate of drug-likeness (QED) is 0.873. The Morgan fingerprint density at radius 1 is 1.42 bits per heavy atom. The van der Waals surface area contributed by atoms with Gasteiger partial charge in [-0.3, -0.25) is 4.79 Å². The number of aromatic nitrogens is 1. The van der Waals surface area contributed by atoms with Crippen molar-refractivity contribution in [2.75, 3.05) is 7.11 Å². The SMILES string of the molecule is COc1ccc([C@H](NC(=O)c2cc(C)c(C)s2)C2CC(O)C2)cn1. The number of rotatable bonds is 5. The van der Waals surface area contributed by atoms with Gasteiger partial charge in [0, 0.05) is 17.1 Å². The van der Waals surface area contributed by atoms with Gasteiger partial charge in [0.2, 0.25) is 5.88 Å². The third-order valence-electron chi connectivity index (χ3n) is 4.62. The van der Waals surface area contributed by atoms with Crippen molar-refractivity contribution in [1.29, 1.82) is 0 Å². The predicted octanol–water partition coefficient (Wildman–Crippen LogP) is 3.01. The lowest BCUT2D eigenvalue weighted by Crippen LogP contribution is -2.41. The Kier molecular flexibility index (Phi) is 4.87. The van der Waals surface area contributed by atoms with Gasteiger partial charge in [-0.25, -0.2) is 4.98 Å². The number of pyridine rings is 1. The number of hydrogen-bond acceptors (Lipinski definition) is 5. The second kappa shape index (κ2) is 6.91. The minimum absolute atomic E-state index is 0.0709. The third kappa shape index (κ3) is 3.44. The van der Waals surface area contributed by atoms with Crippen LogP contribution in [0.15, 0.2) is 24.4 Å². The zero-order valence-electron chi connectivity index (χ0n) is 14.1. The zero-order chi connectivity index (χ0) is 17.3. The van der Waals surface area contributed by atoms with Crippen molar-refractivity contribution in [2.24, 2.45) is 5.92 Å². The molecule has 1 amide bonds. The van der Waals surface area contributed by atoms with Crippen molar-refractivity contribution in [3.8, 4) is 5.88 Å². The van der Waals surface area contributed by atoms with Gasteiger partial charge >= 0.3 is 0 Å². The smallest absolute Gasteiger partial charge is 0.261 e. The van der Waals surface area contributed by atoms with E-state index in [1.807, 2.05) is 26.0 Å². The van der Waals surface area contributed by atoms with Crippen LogP contribution in [0.5, 0.6) is 5.88 Å². The number of thiophene rings is 1. The van der Waals surface area contributed by atoms with Crippen molar-refractivity contribution >= 4 is 17.2 Å². The Morgan fingerprint density at radius 2 is 2.17 bits per heavy atom. The normalized spacial score (nSPS) is 21.0. The number of nitrogens with zero attached hydrogens (tertiary/aromatic N) is 1. The molecular formula is C18H22N2O3S. The van der Waals surface area contributed by atoms with Crippen LogP contribution in [-0.4, -0.2) is 29.2 Å². The Labute approximate surface area is 145 Å². The minimum atomic E-state index is -0.271. The van der Waals surface area contributed by atoms with Gasteiger partial charge in [0.05, 0.1) is 24.1 Å². The maximum atomic E-state index is 12.6. The zero-order valence-corrected chi connectivity index (χ0v) is 14.9. The number of carbonyl (C=O) groups excluding carboxylic acids is 1. The first-order valence-electron chi connectivity index (χ1n) is 8.04. The van der Waals surface area contributed by atoms with Gasteiger partial charge < -0.3 is 15.2 Å². The van der Waals surface area contributed by atoms with E-state index >= 15 is 0 Å². The molecule has 2 aromatic rings. The molecule has 1 saturated carbocycles. The van der Waals surface area contributed by atoms with Crippen LogP contribution in [0.3, 0.4) is 0 Å². The Morgan fingerprint density at radius 3 is 2.67 bits per heavy atom. The molecule has 0 radical (unpaired) electrons. The van der Waals surface area contributed by atoms with E-state index in [0.29, 0.717) is 18.7 Å². The standard InChI is InChI=1S/C18H22N2O3S/c1-10-6-15(24-11(10)2)18(22)20-17(13-7-14(21)8-13)12-4-5-16(23-3)19-9-12/h4-6,9,13-14,17,21H,7-8H2,1-3H3,(H,20,22)/t13?,14?,17-/m0/s1. The number of nitrogens with one attached hydrogen (secondary N) is 1. The van der Waals surface area contributed by atoms with Gasteiger partial charge in [-0.15, -0.1) is 11.3 Å². The predicted molar refractivity (Wildman–Crippen MR) is 93.5 cm³/mol. The summed E-state index contributed by atoms with van der Waals surface area (Å²) in [4.78, 5) is 18.8. The lowest BCUT2D eigenvalue weighted by Gasteiger charge is -2.38. The fraction of sp³-hybridized carbons (Fsp3) is 0.444. The molecule has 2 heterocycles. The number of aryl methyl sites for hydroxylation is 2. The lowest BCUT2D eigenvalue weighted by molar-refractivity contribution is 0.0235. The van der Waals surface area contributed by atoms with Crippen molar-refractivity contribution < 1.29 is 14.6 Å². The van der Waals surface area contributed by atoms with E-state index in [-0.39, 0.29) is 24.0 Å². The maximum Gasteiger partial charge on any atom is 0.261 e. The number of amides is 1. The average Bonchev–Trinajstić information content (AvgIpc) is 2.89. The molecule has 3 rings (SSSR count). The molecule has 0 bridgehead atoms. The summed E-state index contributed by atoms with van der Waals surface area (Å²) in [5.41, 5.74) is 2.07. The summed E-state index contributed by atoms with van der Waals surface area (Å²) < 4.78 is 5.10. The second-order valence-electron chi connectivity index (χ2n) is 6.32. The number of hydrogen-bond donors (Lipinski definition) is 2. The highest BCUT2D eigenvalue weighted by Gasteiger charge is 2.36. The van der Waals surface area contributed by atoms with Crippen LogP contribution < -0.4 is 10.1 Å². The van der Waals surface area contributed by atoms with Crippen molar-refractivity contribution in [2.45, 2.75) is 38.8 Å². The highest BCUT2D eigenvalue weighted by Crippen LogP contribution is 2.38. The maximum absolute atomic E-state index is 12.6. The topological polar surface area (TPSA) is 71.5 Å². The van der Waals surface area contributed by atoms with E-state index in [0.717, 1.165) is 20.9 Å². The molecule has 128 valence electrons. The van der Waals surface area contributed by atoms with Crippen molar-refractivity contribution in [3.05, 3.63) is 45.3 Å². The summed E-state index contributed by atoms with van der Waals surface area (Å²) in [7, 11) is 1.57. The first-order valence-corrected chi connectivity index (χ1v) is 8.85. The van der Waals surface area contributed by atoms with Crippen LogP contribution in [-0.2, 0) is 0 Å². The van der Waals surface area contributed by atoms with E-state index in [9.17, 15) is 9.90 Å². The molecule has 1 atom stereocenters. The molecule has 6 heteroatoms. The van der Waals surface area contributed by atoms with Crippen LogP contribution in [0.1, 0.15) is 44.6 Å². The molecule has 5 nitrogen and oxygen atoms in total. The number of aliphatic hydroxyl groups is 1. The summed E-state index contributed by atoms with van der Waals surface area (Å²) in [5.74, 6) is 0.696. The fourth-order valence-electron chi connectivity index (χ4n) is 2.97. The molecule has 24 heavy (non-hydrogen) atoms. The number of carbonyl (C=O) groups is 1. The van der Waals surface area contributed by atoms with E-state index < -0.39 is 0 Å². The Hall–Kier alpha value is -1.92. The largest absolute Gasteiger partial charge is 0.481 e. The minimum Gasteiger partial charge on any atom is -0.481 e. The molecule has 1 aliphatic rings. The van der Waals surface area contributed by atoms with Crippen molar-refractivity contribution in [1.82, 2.24) is 10.3 Å². The van der Waals surface area contributed by atoms with Crippen LogP contribution in [0.25, 0.3) is 0 Å². The first-order chi connectivity index (χ1) is 11.5. The van der Waals surface area contributed by atoms with E-state index in [1.54, 1.807) is 19.4 Å². The summed E-state index contributed by atoms with van der Waals surface area (Å²) in [6.07, 6.45) is 2.85. The second-order valence-corrected chi connectivity index (χ2v) is 7.58. The van der Waals surface area contributed by atoms with E-state index in [4.69, 9.17) is 4.74 Å². The molecular weight excluding hydrogens is 324 g/mol. The fourth-order valence-corrected chi connectivity index (χ4v) is 3.91. The van der Waals surface area contributed by atoms with Crippen LogP contribution >= 0.6 is 11.3 Å². The van der Waals surface area contributed by atoms with Crippen LogP contribution in [0, 0.1) is 19.8 Å². The van der Waals surface area contributed by atoms with Crippen LogP contribution in [0.4, 0.5) is 0 Å². The number of aliphatic hydroxyl groups excluding tert-OH is 1. The third-order valence-corrected chi connectivity index (χ3v) is 5.78. The summed E-state index contributed by atoms with van der Waals surface area (Å²) in [5, 5.41) is 12.8. The average molecular weight is 346 g/mol. The summed E-state index contributed by atoms with van der Waals surface area (Å²) >= 11 is 1.51. The Bertz CT molecular complexity index is 701. The number of ether oxygens (including phenoxy) is 1. The van der Waals surface area contributed by atoms with Crippen molar-refractivity contribution in [3.63, 3.8) is 0 Å². The molecule has 0 aliphatic heterocycles. The van der Waals surface area contributed by atoms with E-state index in [2.05, 4.69) is 10.3 Å².